The van der Waals surface area contributed by atoms with E-state index in [-0.39, 0.29) is 23.9 Å². The van der Waals surface area contributed by atoms with Crippen molar-refractivity contribution in [2.24, 2.45) is 10.6 Å². The number of fused-ring (bicyclic) bond motifs is 1. The molecule has 0 bridgehead atoms. The Hall–Kier alpha value is -6.04. The number of thioether (sulfide) groups is 1. The number of ether oxygens (including phenoxy) is 2. The Morgan fingerprint density at radius 2 is 1.33 bits per heavy atom. The summed E-state index contributed by atoms with van der Waals surface area (Å²) >= 11 is 4.86. The predicted molar refractivity (Wildman–Crippen MR) is 265 cm³/mol. The Morgan fingerprint density at radius 3 is 1.83 bits per heavy atom. The maximum Gasteiger partial charge on any atom is 0.347 e. The molecule has 2 aliphatic rings. The number of aromatic nitrogens is 1. The van der Waals surface area contributed by atoms with Crippen molar-refractivity contribution in [2.75, 3.05) is 28.6 Å². The lowest BCUT2D eigenvalue weighted by Gasteiger charge is -2.53. The van der Waals surface area contributed by atoms with Crippen LogP contribution in [0.3, 0.4) is 0 Å². The van der Waals surface area contributed by atoms with Crippen LogP contribution in [-0.2, 0) is 39.0 Å². The number of carbonyl (C=O) groups excluding carboxylic acids is 4. The van der Waals surface area contributed by atoms with E-state index in [1.165, 1.54) is 23.1 Å². The zero-order valence-electron chi connectivity index (χ0n) is 36.5. The van der Waals surface area contributed by atoms with E-state index in [4.69, 9.17) is 19.3 Å². The van der Waals surface area contributed by atoms with E-state index in [9.17, 15) is 19.2 Å². The molecule has 0 saturated carbocycles. The topological polar surface area (TPSA) is 149 Å². The van der Waals surface area contributed by atoms with Crippen molar-refractivity contribution in [1.82, 2.24) is 15.2 Å². The van der Waals surface area contributed by atoms with Crippen LogP contribution in [0.25, 0.3) is 0 Å². The average molecular weight is 1030 g/mol. The lowest BCUT2D eigenvalue weighted by Crippen LogP contribution is -2.74. The Balaban J connectivity index is 1.04. The van der Waals surface area contributed by atoms with Gasteiger partial charge in [0.2, 0.25) is 12.5 Å². The highest BCUT2D eigenvalue weighted by molar-refractivity contribution is 14.1. The minimum atomic E-state index is -0.991. The van der Waals surface area contributed by atoms with Gasteiger partial charge in [0.25, 0.3) is 5.91 Å². The van der Waals surface area contributed by atoms with Gasteiger partial charge in [-0.3, -0.25) is 14.4 Å². The molecule has 5 aromatic carbocycles. The first kappa shape index (κ1) is 46.5. The van der Waals surface area contributed by atoms with E-state index < -0.39 is 58.5 Å². The third-order valence-electron chi connectivity index (χ3n) is 11.2. The summed E-state index contributed by atoms with van der Waals surface area (Å²) in [5.74, 6) is -1.79. The van der Waals surface area contributed by atoms with Gasteiger partial charge < -0.3 is 29.8 Å². The number of alkyl halides is 1. The summed E-state index contributed by atoms with van der Waals surface area (Å²) in [6.45, 7) is 4.76. The molecule has 3 heterocycles. The standard InChI is InChI=1S/C51H48IN5O7S2/c1-49(2,3)64-40(58)29-62-56-41(39-30-65-48(53-39)55-51(36-23-13-6-14-24-36,37-25-15-7-16-26-37)38-27-17-8-18-28-38)44(59)54-42-45(60)57-32-50(31-52,33-66-46(42)57)47(61)63-43(34-19-9-4-10-20-34)35-21-11-5-12-22-35/h4-28,30,42-43,46H,29,31-33H2,1-3H3,(H,53,55)(H,54,59)/t42?,46-,50?/m1/s1. The van der Waals surface area contributed by atoms with Gasteiger partial charge in [-0.05, 0) is 48.6 Å². The third-order valence-corrected chi connectivity index (χ3v) is 15.0. The fraction of sp³-hybridized carbons (Fsp3) is 0.255. The number of halogens is 1. The minimum Gasteiger partial charge on any atom is -0.457 e. The number of nitrogens with zero attached hydrogens (tertiary/aromatic N) is 3. The summed E-state index contributed by atoms with van der Waals surface area (Å²) in [6, 6.07) is 48.3. The number of anilines is 1. The van der Waals surface area contributed by atoms with Gasteiger partial charge in [-0.15, -0.1) is 23.1 Å². The molecule has 2 amide bonds. The highest BCUT2D eigenvalue weighted by Crippen LogP contribution is 2.45. The van der Waals surface area contributed by atoms with Crippen LogP contribution in [-0.4, -0.2) is 79.7 Å². The number of nitrogens with one attached hydrogen (secondary N) is 2. The number of benzene rings is 5. The third kappa shape index (κ3) is 10.0. The van der Waals surface area contributed by atoms with E-state index >= 15 is 0 Å². The SMILES string of the molecule is CC(C)(C)OC(=O)CON=C(C(=O)NC1C(=O)N2CC(CI)(C(=O)OC(c3ccccc3)c3ccccc3)CS[C@H]12)c1csc(NC(c2ccccc2)(c2ccccc2)c2ccccc2)n1. The second-order valence-electron chi connectivity index (χ2n) is 17.0. The summed E-state index contributed by atoms with van der Waals surface area (Å²) in [7, 11) is 0. The van der Waals surface area contributed by atoms with E-state index in [2.05, 4.69) is 38.4 Å². The van der Waals surface area contributed by atoms with Gasteiger partial charge in [-0.2, -0.15) is 0 Å². The monoisotopic (exact) mass is 1030 g/mol. The molecule has 2 saturated heterocycles. The summed E-state index contributed by atoms with van der Waals surface area (Å²) in [5, 5.41) is 12.4. The first-order chi connectivity index (χ1) is 31.9. The average Bonchev–Trinajstić information content (AvgIpc) is 3.81. The molecule has 6 aromatic rings. The van der Waals surface area contributed by atoms with Crippen LogP contribution < -0.4 is 10.6 Å². The molecule has 3 atom stereocenters. The smallest absolute Gasteiger partial charge is 0.347 e. The minimum absolute atomic E-state index is 0.126. The number of amides is 2. The highest BCUT2D eigenvalue weighted by Gasteiger charge is 2.58. The second-order valence-corrected chi connectivity index (χ2v) is 19.7. The van der Waals surface area contributed by atoms with Gasteiger partial charge in [0.15, 0.2) is 16.9 Å². The Kier molecular flexibility index (Phi) is 14.2. The summed E-state index contributed by atoms with van der Waals surface area (Å²) in [5.41, 5.74) is 1.79. The molecule has 0 radical (unpaired) electrons. The van der Waals surface area contributed by atoms with Gasteiger partial charge in [0, 0.05) is 22.1 Å². The first-order valence-corrected chi connectivity index (χ1v) is 24.8. The van der Waals surface area contributed by atoms with Crippen LogP contribution in [0.2, 0.25) is 0 Å². The van der Waals surface area contributed by atoms with Gasteiger partial charge in [0.05, 0.1) is 0 Å². The van der Waals surface area contributed by atoms with Crippen LogP contribution in [0, 0.1) is 5.41 Å². The van der Waals surface area contributed by atoms with Gasteiger partial charge in [0.1, 0.15) is 33.7 Å². The molecule has 15 heteroatoms. The molecular formula is C51H48IN5O7S2. The highest BCUT2D eigenvalue weighted by atomic mass is 127. The Morgan fingerprint density at radius 1 is 0.818 bits per heavy atom. The molecule has 8 rings (SSSR count). The van der Waals surface area contributed by atoms with Crippen molar-refractivity contribution in [3.05, 3.63) is 191 Å². The second kappa shape index (κ2) is 20.2. The van der Waals surface area contributed by atoms with Crippen molar-refractivity contribution in [3.63, 3.8) is 0 Å². The van der Waals surface area contributed by atoms with Gasteiger partial charge in [-0.1, -0.05) is 179 Å². The lowest BCUT2D eigenvalue weighted by molar-refractivity contribution is -0.164. The molecule has 2 fully saturated rings. The maximum atomic E-state index is 14.4. The first-order valence-electron chi connectivity index (χ1n) is 21.3. The number of hydrogen-bond donors (Lipinski definition) is 2. The molecule has 2 unspecified atom stereocenters. The Bertz CT molecular complexity index is 2530. The molecule has 2 N–H and O–H groups in total. The number of rotatable bonds is 16. The van der Waals surface area contributed by atoms with Gasteiger partial charge >= 0.3 is 11.9 Å². The van der Waals surface area contributed by atoms with E-state index in [1.807, 2.05) is 152 Å². The molecule has 0 spiro atoms. The fourth-order valence-corrected chi connectivity index (χ4v) is 11.5. The van der Waals surface area contributed by atoms with Crippen molar-refractivity contribution >= 4 is 80.3 Å². The summed E-state index contributed by atoms with van der Waals surface area (Å²) in [4.78, 5) is 67.2. The normalized spacial score (nSPS) is 18.4. The van der Waals surface area contributed by atoms with Crippen LogP contribution in [0.4, 0.5) is 5.13 Å². The van der Waals surface area contributed by atoms with E-state index in [1.54, 1.807) is 31.1 Å². The molecule has 1 aromatic heterocycles. The van der Waals surface area contributed by atoms with Crippen LogP contribution in [0.1, 0.15) is 60.4 Å². The van der Waals surface area contributed by atoms with E-state index in [0.29, 0.717) is 15.3 Å². The molecular weight excluding hydrogens is 986 g/mol. The van der Waals surface area contributed by atoms with Crippen molar-refractivity contribution in [1.29, 1.82) is 0 Å². The number of β-lactam (4-membered cyclic amide) rings is 1. The zero-order chi connectivity index (χ0) is 46.3. The number of hydrogen-bond acceptors (Lipinski definition) is 12. The van der Waals surface area contributed by atoms with E-state index in [0.717, 1.165) is 27.8 Å². The lowest BCUT2D eigenvalue weighted by atomic mass is 9.77. The molecule has 12 nitrogen and oxygen atoms in total. The van der Waals surface area contributed by atoms with Crippen molar-refractivity contribution in [3.8, 4) is 0 Å². The maximum absolute atomic E-state index is 14.4. The molecule has 2 aliphatic heterocycles. The quantitative estimate of drug-likeness (QED) is 0.0183. The fourth-order valence-electron chi connectivity index (χ4n) is 8.02. The Labute approximate surface area is 405 Å². The van der Waals surface area contributed by atoms with Crippen LogP contribution in [0.15, 0.2) is 162 Å². The number of thiazole rings is 1. The molecule has 0 aliphatic carbocycles. The summed E-state index contributed by atoms with van der Waals surface area (Å²) in [6.07, 6.45) is -0.635. The van der Waals surface area contributed by atoms with Gasteiger partial charge in [-0.25, -0.2) is 9.78 Å². The predicted octanol–water partition coefficient (Wildman–Crippen LogP) is 8.76. The van der Waals surface area contributed by atoms with Crippen molar-refractivity contribution < 1.29 is 33.5 Å². The molecule has 66 heavy (non-hydrogen) atoms. The number of carbonyl (C=O) groups is 4. The van der Waals surface area contributed by atoms with Crippen molar-refractivity contribution in [2.45, 2.75) is 49.4 Å². The number of esters is 2. The largest absolute Gasteiger partial charge is 0.457 e. The van der Waals surface area contributed by atoms with Crippen LogP contribution in [0.5, 0.6) is 0 Å². The zero-order valence-corrected chi connectivity index (χ0v) is 40.3. The molecule has 338 valence electrons. The summed E-state index contributed by atoms with van der Waals surface area (Å²) < 4.78 is 12.1. The number of oxime groups is 1. The van der Waals surface area contributed by atoms with Crippen LogP contribution >= 0.6 is 45.7 Å².